The van der Waals surface area contributed by atoms with Crippen LogP contribution in [0.3, 0.4) is 0 Å². The van der Waals surface area contributed by atoms with Crippen LogP contribution in [0.1, 0.15) is 63.6 Å². The highest BCUT2D eigenvalue weighted by molar-refractivity contribution is 6.30. The highest BCUT2D eigenvalue weighted by Gasteiger charge is 2.25. The van der Waals surface area contributed by atoms with Crippen molar-refractivity contribution in [2.24, 2.45) is 13.0 Å². The SMILES string of the molecule is CC1CCCCC1.CCOC(c1ccccn1)c1nc2cc(-c3noc(=O)[nH]3)nc(-c3cncc(Cl)c3)c2n1C. The zero-order valence-electron chi connectivity index (χ0n) is 22.8. The molecule has 0 amide bonds. The van der Waals surface area contributed by atoms with Crippen LogP contribution in [0.4, 0.5) is 0 Å². The van der Waals surface area contributed by atoms with Crippen LogP contribution in [0, 0.1) is 5.92 Å². The number of fused-ring (bicyclic) bond motifs is 1. The second kappa shape index (κ2) is 12.5. The molecule has 0 aromatic carbocycles. The van der Waals surface area contributed by atoms with Crippen molar-refractivity contribution in [2.75, 3.05) is 6.61 Å². The first-order valence-corrected chi connectivity index (χ1v) is 13.9. The molecule has 6 rings (SSSR count). The van der Waals surface area contributed by atoms with Gasteiger partial charge >= 0.3 is 5.76 Å². The standard InChI is InChI=1S/C22H18ClN7O3.C7H14/c1-3-32-19(14-6-4-5-7-25-14)21-27-15-9-16(20-28-22(31)33-29-20)26-17(18(15)30(21)2)12-8-13(23)11-24-10-12;1-7-5-3-2-4-6-7/h4-11,19H,3H2,1-2H3,(H,28,29,31);7H,2-6H2,1H3. The first-order valence-electron chi connectivity index (χ1n) is 13.5. The topological polar surface area (TPSA) is 125 Å². The number of rotatable bonds is 6. The molecule has 1 aliphatic carbocycles. The molecule has 1 aliphatic rings. The van der Waals surface area contributed by atoms with Crippen molar-refractivity contribution in [3.8, 4) is 22.8 Å². The Labute approximate surface area is 236 Å². The second-order valence-corrected chi connectivity index (χ2v) is 10.4. The molecule has 0 aliphatic heterocycles. The summed E-state index contributed by atoms with van der Waals surface area (Å²) in [6.07, 6.45) is 11.9. The van der Waals surface area contributed by atoms with Crippen LogP contribution in [-0.4, -0.2) is 41.3 Å². The van der Waals surface area contributed by atoms with Gasteiger partial charge in [0.15, 0.2) is 6.10 Å². The number of nitrogens with one attached hydrogen (secondary N) is 1. The van der Waals surface area contributed by atoms with E-state index >= 15 is 0 Å². The van der Waals surface area contributed by atoms with Gasteiger partial charge < -0.3 is 9.30 Å². The fraction of sp³-hybridized carbons (Fsp3) is 0.379. The van der Waals surface area contributed by atoms with E-state index in [0.29, 0.717) is 39.9 Å². The van der Waals surface area contributed by atoms with Crippen LogP contribution >= 0.6 is 11.6 Å². The minimum atomic E-state index is -0.675. The molecule has 208 valence electrons. The Bertz CT molecular complexity index is 1620. The van der Waals surface area contributed by atoms with Gasteiger partial charge in [0.2, 0.25) is 5.82 Å². The van der Waals surface area contributed by atoms with E-state index in [0.717, 1.165) is 17.1 Å². The van der Waals surface area contributed by atoms with Gasteiger partial charge in [-0.3, -0.25) is 19.5 Å². The number of aromatic amines is 1. The van der Waals surface area contributed by atoms with Gasteiger partial charge in [-0.15, -0.1) is 0 Å². The summed E-state index contributed by atoms with van der Waals surface area (Å²) in [7, 11) is 1.89. The van der Waals surface area contributed by atoms with E-state index in [9.17, 15) is 4.79 Å². The lowest BCUT2D eigenvalue weighted by atomic mass is 9.91. The zero-order valence-corrected chi connectivity index (χ0v) is 23.6. The van der Waals surface area contributed by atoms with Gasteiger partial charge in [-0.25, -0.2) is 14.8 Å². The quantitative estimate of drug-likeness (QED) is 0.262. The predicted octanol–water partition coefficient (Wildman–Crippen LogP) is 6.13. The summed E-state index contributed by atoms with van der Waals surface area (Å²) in [5.74, 6) is 1.20. The van der Waals surface area contributed by atoms with Crippen LogP contribution < -0.4 is 5.76 Å². The summed E-state index contributed by atoms with van der Waals surface area (Å²) in [5.41, 5.74) is 3.73. The molecule has 5 aromatic rings. The minimum absolute atomic E-state index is 0.191. The molecular formula is C29H32ClN7O3. The molecule has 1 fully saturated rings. The summed E-state index contributed by atoms with van der Waals surface area (Å²) in [4.78, 5) is 32.3. The van der Waals surface area contributed by atoms with Crippen molar-refractivity contribution in [1.82, 2.24) is 34.6 Å². The number of H-pyrrole nitrogens is 1. The van der Waals surface area contributed by atoms with Gasteiger partial charge in [0.25, 0.3) is 0 Å². The van der Waals surface area contributed by atoms with Crippen molar-refractivity contribution in [3.63, 3.8) is 0 Å². The van der Waals surface area contributed by atoms with Gasteiger partial charge in [0.1, 0.15) is 11.5 Å². The van der Waals surface area contributed by atoms with Crippen molar-refractivity contribution < 1.29 is 9.26 Å². The van der Waals surface area contributed by atoms with E-state index in [1.165, 1.54) is 32.1 Å². The van der Waals surface area contributed by atoms with Gasteiger partial charge in [0.05, 0.1) is 27.4 Å². The number of halogens is 1. The smallest absolute Gasteiger partial charge is 0.364 e. The average molecular weight is 562 g/mol. The summed E-state index contributed by atoms with van der Waals surface area (Å²) in [6, 6.07) is 9.14. The lowest BCUT2D eigenvalue weighted by Crippen LogP contribution is -2.13. The van der Waals surface area contributed by atoms with E-state index in [2.05, 4.69) is 31.6 Å². The van der Waals surface area contributed by atoms with E-state index in [-0.39, 0.29) is 5.82 Å². The summed E-state index contributed by atoms with van der Waals surface area (Å²) in [6.45, 7) is 4.75. The lowest BCUT2D eigenvalue weighted by molar-refractivity contribution is 0.0806. The Morgan fingerprint density at radius 1 is 1.18 bits per heavy atom. The molecule has 5 heterocycles. The third-order valence-electron chi connectivity index (χ3n) is 6.97. The fourth-order valence-electron chi connectivity index (χ4n) is 4.99. The van der Waals surface area contributed by atoms with E-state index in [4.69, 9.17) is 26.3 Å². The molecule has 1 saturated carbocycles. The number of hydrogen-bond acceptors (Lipinski definition) is 8. The maximum Gasteiger partial charge on any atom is 0.439 e. The molecule has 5 aromatic heterocycles. The van der Waals surface area contributed by atoms with Gasteiger partial charge in [-0.1, -0.05) is 61.9 Å². The van der Waals surface area contributed by atoms with Crippen molar-refractivity contribution in [3.05, 3.63) is 76.0 Å². The number of pyridine rings is 3. The minimum Gasteiger partial charge on any atom is -0.364 e. The molecule has 11 heteroatoms. The molecule has 0 spiro atoms. The Kier molecular flexibility index (Phi) is 8.66. The van der Waals surface area contributed by atoms with Gasteiger partial charge in [0, 0.05) is 37.8 Å². The molecule has 1 unspecified atom stereocenters. The summed E-state index contributed by atoms with van der Waals surface area (Å²) in [5, 5.41) is 4.23. The lowest BCUT2D eigenvalue weighted by Gasteiger charge is -2.16. The number of aryl methyl sites for hydroxylation is 1. The van der Waals surface area contributed by atoms with Crippen LogP contribution in [0.25, 0.3) is 33.8 Å². The molecule has 10 nitrogen and oxygen atoms in total. The first-order chi connectivity index (χ1) is 19.4. The average Bonchev–Trinajstić information content (AvgIpc) is 3.55. The third-order valence-corrected chi connectivity index (χ3v) is 7.17. The third kappa shape index (κ3) is 6.13. The molecule has 1 N–H and O–H groups in total. The number of imidazole rings is 1. The van der Waals surface area contributed by atoms with Crippen LogP contribution in [0.2, 0.25) is 5.02 Å². The Morgan fingerprint density at radius 3 is 2.62 bits per heavy atom. The molecule has 1 atom stereocenters. The highest BCUT2D eigenvalue weighted by atomic mass is 35.5. The first kappa shape index (κ1) is 27.7. The van der Waals surface area contributed by atoms with Crippen molar-refractivity contribution >= 4 is 22.6 Å². The largest absolute Gasteiger partial charge is 0.439 e. The van der Waals surface area contributed by atoms with E-state index < -0.39 is 11.9 Å². The maximum atomic E-state index is 11.5. The number of hydrogen-bond donors (Lipinski definition) is 1. The Morgan fingerprint density at radius 2 is 2.00 bits per heavy atom. The number of ether oxygens (including phenoxy) is 1. The monoisotopic (exact) mass is 561 g/mol. The van der Waals surface area contributed by atoms with Crippen molar-refractivity contribution in [2.45, 2.75) is 52.1 Å². The fourth-order valence-corrected chi connectivity index (χ4v) is 5.16. The van der Waals surface area contributed by atoms with Crippen LogP contribution in [0.15, 0.2) is 58.2 Å². The summed E-state index contributed by atoms with van der Waals surface area (Å²) < 4.78 is 12.6. The zero-order chi connectivity index (χ0) is 28.1. The van der Waals surface area contributed by atoms with Crippen LogP contribution in [0.5, 0.6) is 0 Å². The van der Waals surface area contributed by atoms with Gasteiger partial charge in [-0.2, -0.15) is 0 Å². The molecule has 40 heavy (non-hydrogen) atoms. The maximum absolute atomic E-state index is 11.5. The molecule has 0 saturated heterocycles. The second-order valence-electron chi connectivity index (χ2n) is 9.92. The normalized spacial score (nSPS) is 14.6. The van der Waals surface area contributed by atoms with Gasteiger partial charge in [-0.05, 0) is 37.1 Å². The summed E-state index contributed by atoms with van der Waals surface area (Å²) >= 11 is 6.21. The van der Waals surface area contributed by atoms with Crippen LogP contribution in [-0.2, 0) is 11.8 Å². The molecule has 0 bridgehead atoms. The predicted molar refractivity (Wildman–Crippen MR) is 153 cm³/mol. The Balaban J connectivity index is 0.000000403. The van der Waals surface area contributed by atoms with Crippen molar-refractivity contribution in [1.29, 1.82) is 0 Å². The number of aromatic nitrogens is 7. The Hall–Kier alpha value is -3.89. The highest BCUT2D eigenvalue weighted by Crippen LogP contribution is 2.34. The number of nitrogens with zero attached hydrogens (tertiary/aromatic N) is 6. The van der Waals surface area contributed by atoms with E-state index in [1.54, 1.807) is 30.7 Å². The molecule has 0 radical (unpaired) electrons. The molecular weight excluding hydrogens is 530 g/mol. The van der Waals surface area contributed by atoms with E-state index in [1.807, 2.05) is 36.7 Å².